The molecular weight excluding hydrogens is 314 g/mol. The van der Waals surface area contributed by atoms with Crippen molar-refractivity contribution in [1.82, 2.24) is 0 Å². The minimum Gasteiger partial charge on any atom is -0.371 e. The summed E-state index contributed by atoms with van der Waals surface area (Å²) in [6.45, 7) is 2.46. The first-order chi connectivity index (χ1) is 11.0. The van der Waals surface area contributed by atoms with Gasteiger partial charge in [0.1, 0.15) is 11.4 Å². The summed E-state index contributed by atoms with van der Waals surface area (Å²) in [4.78, 5) is 24.3. The van der Waals surface area contributed by atoms with Crippen LogP contribution in [0.15, 0.2) is 35.5 Å². The van der Waals surface area contributed by atoms with E-state index in [2.05, 4.69) is 10.5 Å². The van der Waals surface area contributed by atoms with Crippen molar-refractivity contribution in [3.8, 4) is 0 Å². The summed E-state index contributed by atoms with van der Waals surface area (Å²) in [5.41, 5.74) is 0.195. The predicted molar refractivity (Wildman–Crippen MR) is 88.3 cm³/mol. The van der Waals surface area contributed by atoms with Crippen molar-refractivity contribution in [2.24, 2.45) is 5.18 Å². The van der Waals surface area contributed by atoms with Gasteiger partial charge in [0.25, 0.3) is 5.84 Å². The van der Waals surface area contributed by atoms with E-state index in [0.717, 1.165) is 15.6 Å². The van der Waals surface area contributed by atoms with Crippen LogP contribution in [-0.4, -0.2) is 33.4 Å². The maximum Gasteiger partial charge on any atom is 0.296 e. The molecule has 23 heavy (non-hydrogen) atoms. The van der Waals surface area contributed by atoms with Crippen molar-refractivity contribution in [3.05, 3.63) is 45.7 Å². The number of anilines is 1. The minimum absolute atomic E-state index is 0.251. The third kappa shape index (κ3) is 1.97. The number of aryl methyl sites for hydroxylation is 1. The summed E-state index contributed by atoms with van der Waals surface area (Å²) in [6.07, 6.45) is 0.330. The summed E-state index contributed by atoms with van der Waals surface area (Å²) >= 11 is 1.50. The molecule has 1 atom stereocenters. The summed E-state index contributed by atoms with van der Waals surface area (Å²) in [5, 5.41) is 17.8. The second-order valence-corrected chi connectivity index (χ2v) is 7.03. The van der Waals surface area contributed by atoms with E-state index in [9.17, 15) is 14.8 Å². The van der Waals surface area contributed by atoms with Crippen LogP contribution in [0, 0.1) is 11.8 Å². The highest BCUT2D eigenvalue weighted by molar-refractivity contribution is 7.16. The molecule has 0 amide bonds. The van der Waals surface area contributed by atoms with Crippen LogP contribution < -0.4 is 5.32 Å². The predicted octanol–water partition coefficient (Wildman–Crippen LogP) is 2.94. The van der Waals surface area contributed by atoms with Crippen LogP contribution >= 0.6 is 11.3 Å². The second kappa shape index (κ2) is 4.81. The van der Waals surface area contributed by atoms with Crippen LogP contribution in [0.1, 0.15) is 21.7 Å². The Labute approximate surface area is 136 Å². The van der Waals surface area contributed by atoms with Gasteiger partial charge in [-0.2, -0.15) is 0 Å². The number of benzene rings is 1. The molecule has 0 saturated carbocycles. The molecule has 2 aliphatic rings. The molecule has 1 aromatic carbocycles. The quantitative estimate of drug-likeness (QED) is 0.656. The number of carbonyl (C=O) groups excluding carboxylic acids is 1. The van der Waals surface area contributed by atoms with Crippen molar-refractivity contribution in [2.75, 3.05) is 11.9 Å². The first-order valence-corrected chi connectivity index (χ1v) is 8.07. The lowest BCUT2D eigenvalue weighted by Gasteiger charge is -2.23. The van der Waals surface area contributed by atoms with Crippen molar-refractivity contribution < 1.29 is 14.5 Å². The Morgan fingerprint density at radius 2 is 2.09 bits per heavy atom. The zero-order valence-electron chi connectivity index (χ0n) is 12.4. The van der Waals surface area contributed by atoms with E-state index >= 15 is 0 Å². The average Bonchev–Trinajstić information content (AvgIpc) is 3.09. The fourth-order valence-electron chi connectivity index (χ4n) is 3.18. The van der Waals surface area contributed by atoms with Gasteiger partial charge in [-0.1, -0.05) is 11.3 Å². The van der Waals surface area contributed by atoms with Gasteiger partial charge in [-0.15, -0.1) is 4.91 Å². The molecule has 0 saturated heterocycles. The van der Waals surface area contributed by atoms with Crippen LogP contribution in [0.3, 0.4) is 0 Å². The summed E-state index contributed by atoms with van der Waals surface area (Å²) in [6, 6.07) is 8.57. The molecule has 0 radical (unpaired) electrons. The van der Waals surface area contributed by atoms with Crippen molar-refractivity contribution in [1.29, 1.82) is 0 Å². The molecule has 0 aliphatic carbocycles. The number of rotatable bonds is 2. The Hall–Kier alpha value is -2.38. The van der Waals surface area contributed by atoms with E-state index in [1.807, 2.05) is 17.6 Å². The van der Waals surface area contributed by atoms with E-state index < -0.39 is 5.60 Å². The molecule has 2 aromatic rings. The lowest BCUT2D eigenvalue weighted by molar-refractivity contribution is -0.431. The van der Waals surface area contributed by atoms with E-state index in [4.69, 9.17) is 0 Å². The largest absolute Gasteiger partial charge is 0.371 e. The molecule has 1 aromatic heterocycles. The number of nitroso groups, excluding NO2 is 1. The van der Waals surface area contributed by atoms with Crippen LogP contribution in [0.4, 0.5) is 16.4 Å². The highest BCUT2D eigenvalue weighted by Gasteiger charge is 2.56. The molecule has 6 nitrogen and oxygen atoms in total. The topological polar surface area (TPSA) is 81.8 Å². The Balaban J connectivity index is 1.85. The van der Waals surface area contributed by atoms with Gasteiger partial charge in [-0.05, 0) is 42.4 Å². The van der Waals surface area contributed by atoms with Gasteiger partial charge in [0.15, 0.2) is 5.00 Å². The van der Waals surface area contributed by atoms with E-state index in [1.54, 1.807) is 24.3 Å². The first-order valence-electron chi connectivity index (χ1n) is 7.26. The van der Waals surface area contributed by atoms with E-state index in [0.29, 0.717) is 30.1 Å². The Morgan fingerprint density at radius 1 is 1.35 bits per heavy atom. The number of nitrogens with zero attached hydrogens (tertiary/aromatic N) is 2. The maximum absolute atomic E-state index is 12.7. The third-order valence-electron chi connectivity index (χ3n) is 4.33. The number of Topliss-reactive ketones (excluding diaryl/α,β-unsaturated/α-hetero) is 1. The molecule has 4 rings (SSSR count). The van der Waals surface area contributed by atoms with Crippen molar-refractivity contribution in [3.63, 3.8) is 0 Å². The van der Waals surface area contributed by atoms with Gasteiger partial charge >= 0.3 is 0 Å². The summed E-state index contributed by atoms with van der Waals surface area (Å²) in [7, 11) is 0. The zero-order valence-corrected chi connectivity index (χ0v) is 13.2. The highest BCUT2D eigenvalue weighted by Crippen LogP contribution is 2.39. The Bertz CT molecular complexity index is 869. The van der Waals surface area contributed by atoms with Gasteiger partial charge in [0.2, 0.25) is 11.4 Å². The fourth-order valence-corrected chi connectivity index (χ4v) is 4.08. The third-order valence-corrected chi connectivity index (χ3v) is 5.30. The molecule has 116 valence electrons. The molecule has 0 spiro atoms. The molecule has 7 heteroatoms. The van der Waals surface area contributed by atoms with Crippen LogP contribution in [0.2, 0.25) is 0 Å². The highest BCUT2D eigenvalue weighted by atomic mass is 32.1. The van der Waals surface area contributed by atoms with Gasteiger partial charge in [0, 0.05) is 11.3 Å². The second-order valence-electron chi connectivity index (χ2n) is 5.77. The fraction of sp³-hybridized carbons (Fsp3) is 0.250. The number of thiophene rings is 1. The smallest absolute Gasteiger partial charge is 0.296 e. The van der Waals surface area contributed by atoms with E-state index in [1.165, 1.54) is 11.3 Å². The van der Waals surface area contributed by atoms with Crippen molar-refractivity contribution >= 4 is 39.3 Å². The molecular formula is C16H14N3O3S+. The van der Waals surface area contributed by atoms with Gasteiger partial charge in [0.05, 0.1) is 12.1 Å². The molecule has 1 unspecified atom stereocenters. The lowest BCUT2D eigenvalue weighted by Crippen LogP contribution is -2.51. The first kappa shape index (κ1) is 14.2. The molecule has 3 heterocycles. The van der Waals surface area contributed by atoms with Crippen LogP contribution in [-0.2, 0) is 0 Å². The number of amidine groups is 1. The molecule has 2 aliphatic heterocycles. The number of hydrogen-bond donors (Lipinski definition) is 2. The number of ketones is 1. The number of nitrogens with one attached hydrogen (secondary N) is 1. The molecule has 0 bridgehead atoms. The lowest BCUT2D eigenvalue weighted by atomic mass is 9.88. The normalized spacial score (nSPS) is 22.6. The standard InChI is InChI=1S/C16H13N3O3S/c1-9-8-12-13(20)16(21)6-7-19(15(16)17-14(12)23-9)11-4-2-10(18-22)3-5-11/h2-5,8,21H,6-7H2,1H3/p+1. The Kier molecular flexibility index (Phi) is 2.97. The van der Waals surface area contributed by atoms with Gasteiger partial charge < -0.3 is 5.11 Å². The Morgan fingerprint density at radius 3 is 2.78 bits per heavy atom. The summed E-state index contributed by atoms with van der Waals surface area (Å²) < 4.78 is 1.88. The number of aliphatic hydroxyl groups is 1. The van der Waals surface area contributed by atoms with Gasteiger partial charge in [-0.25, -0.2) is 9.89 Å². The monoisotopic (exact) mass is 328 g/mol. The average molecular weight is 328 g/mol. The number of carbonyl (C=O) groups is 1. The molecule has 2 N–H and O–H groups in total. The molecule has 0 fully saturated rings. The van der Waals surface area contributed by atoms with Crippen LogP contribution in [0.25, 0.3) is 0 Å². The van der Waals surface area contributed by atoms with Crippen LogP contribution in [0.5, 0.6) is 0 Å². The van der Waals surface area contributed by atoms with Gasteiger partial charge in [-0.3, -0.25) is 4.79 Å². The van der Waals surface area contributed by atoms with Crippen molar-refractivity contribution in [2.45, 2.75) is 18.9 Å². The minimum atomic E-state index is -1.51. The summed E-state index contributed by atoms with van der Waals surface area (Å²) in [5.74, 6) is 0.239. The number of fused-ring (bicyclic) bond motifs is 2. The van der Waals surface area contributed by atoms with E-state index in [-0.39, 0.29) is 5.78 Å². The number of hydrogen-bond acceptors (Lipinski definition) is 6. The maximum atomic E-state index is 12.7. The zero-order chi connectivity index (χ0) is 16.2. The SMILES string of the molecule is Cc1cc2c(s1)NC1=[N+](c3ccc(N=O)cc3)CCC1(O)C2=O.